The number of aliphatic hydroxyl groups excluding tert-OH is 1. The van der Waals surface area contributed by atoms with Gasteiger partial charge in [0.05, 0.1) is 34.0 Å². The molecule has 1 aliphatic rings. The maximum absolute atomic E-state index is 12.9. The summed E-state index contributed by atoms with van der Waals surface area (Å²) in [7, 11) is 4.75. The Kier molecular flexibility index (Phi) is 10.2. The molecule has 0 bridgehead atoms. The van der Waals surface area contributed by atoms with Gasteiger partial charge in [0, 0.05) is 18.9 Å². The van der Waals surface area contributed by atoms with Gasteiger partial charge in [-0.15, -0.1) is 0 Å². The second kappa shape index (κ2) is 14.2. The highest BCUT2D eigenvalue weighted by Gasteiger charge is 2.48. The molecule has 1 fully saturated rings. The molecular formula is C34H38N2O9. The maximum Gasteiger partial charge on any atom is 0.330 e. The largest absolute Gasteiger partial charge is 0.497 e. The molecule has 2 N–H and O–H groups in total. The second-order valence-corrected chi connectivity index (χ2v) is 10.7. The zero-order valence-electron chi connectivity index (χ0n) is 25.7. The van der Waals surface area contributed by atoms with Crippen LogP contribution >= 0.6 is 0 Å². The SMILES string of the molecule is COCCO[C@@H]1C(n2cc(C)c(=O)[nH]c2=O)OC(COC(c2ccccc2)(c2ccc(OC)cc2)c2ccc(OC)cc2)[C@@H]1O. The molecule has 4 atom stereocenters. The van der Waals surface area contributed by atoms with E-state index in [1.807, 2.05) is 78.9 Å². The van der Waals surface area contributed by atoms with E-state index in [1.54, 1.807) is 21.1 Å². The lowest BCUT2D eigenvalue weighted by atomic mass is 9.80. The van der Waals surface area contributed by atoms with Crippen LogP contribution in [-0.4, -0.2) is 74.1 Å². The van der Waals surface area contributed by atoms with E-state index in [0.717, 1.165) is 16.7 Å². The molecule has 0 radical (unpaired) electrons. The number of aryl methyl sites for hydroxylation is 1. The first-order valence-corrected chi connectivity index (χ1v) is 14.6. The Labute approximate surface area is 260 Å². The summed E-state index contributed by atoms with van der Waals surface area (Å²) in [5.41, 5.74) is 0.430. The lowest BCUT2D eigenvalue weighted by molar-refractivity contribution is -0.0994. The highest BCUT2D eigenvalue weighted by atomic mass is 16.6. The Morgan fingerprint density at radius 1 is 0.844 bits per heavy atom. The molecule has 5 rings (SSSR count). The molecule has 1 aliphatic heterocycles. The predicted molar refractivity (Wildman–Crippen MR) is 166 cm³/mol. The van der Waals surface area contributed by atoms with Crippen LogP contribution in [0.2, 0.25) is 0 Å². The topological polar surface area (TPSA) is 130 Å². The van der Waals surface area contributed by atoms with Crippen molar-refractivity contribution in [2.24, 2.45) is 0 Å². The van der Waals surface area contributed by atoms with E-state index in [9.17, 15) is 14.7 Å². The number of aromatic amines is 1. The molecule has 45 heavy (non-hydrogen) atoms. The summed E-state index contributed by atoms with van der Waals surface area (Å²) in [6.45, 7) is 1.91. The first kappa shape index (κ1) is 32.1. The van der Waals surface area contributed by atoms with E-state index in [4.69, 9.17) is 28.4 Å². The minimum absolute atomic E-state index is 0.0914. The molecule has 2 heterocycles. The monoisotopic (exact) mass is 618 g/mol. The smallest absolute Gasteiger partial charge is 0.330 e. The number of H-pyrrole nitrogens is 1. The van der Waals surface area contributed by atoms with Crippen molar-refractivity contribution in [2.45, 2.75) is 37.1 Å². The lowest BCUT2D eigenvalue weighted by Crippen LogP contribution is -2.41. The van der Waals surface area contributed by atoms with Crippen LogP contribution in [0.15, 0.2) is 94.6 Å². The highest BCUT2D eigenvalue weighted by molar-refractivity contribution is 5.49. The van der Waals surface area contributed by atoms with Gasteiger partial charge in [-0.1, -0.05) is 54.6 Å². The number of nitrogens with zero attached hydrogens (tertiary/aromatic N) is 1. The summed E-state index contributed by atoms with van der Waals surface area (Å²) in [6.07, 6.45) is -2.70. The Bertz CT molecular complexity index is 1610. The fourth-order valence-electron chi connectivity index (χ4n) is 5.58. The van der Waals surface area contributed by atoms with Crippen LogP contribution < -0.4 is 20.7 Å². The van der Waals surface area contributed by atoms with Crippen LogP contribution in [0.4, 0.5) is 0 Å². The predicted octanol–water partition coefficient (Wildman–Crippen LogP) is 3.16. The van der Waals surface area contributed by atoms with Gasteiger partial charge < -0.3 is 33.5 Å². The van der Waals surface area contributed by atoms with Crippen LogP contribution in [0.5, 0.6) is 11.5 Å². The van der Waals surface area contributed by atoms with E-state index in [0.29, 0.717) is 17.1 Å². The summed E-state index contributed by atoms with van der Waals surface area (Å²) < 4.78 is 36.4. The van der Waals surface area contributed by atoms with Gasteiger partial charge in [-0.3, -0.25) is 14.3 Å². The van der Waals surface area contributed by atoms with E-state index < -0.39 is 41.4 Å². The average Bonchev–Trinajstić information content (AvgIpc) is 3.38. The Morgan fingerprint density at radius 3 is 1.98 bits per heavy atom. The molecule has 3 aromatic carbocycles. The Balaban J connectivity index is 1.56. The minimum atomic E-state index is -1.19. The number of ether oxygens (including phenoxy) is 6. The van der Waals surface area contributed by atoms with Crippen molar-refractivity contribution in [1.82, 2.24) is 9.55 Å². The molecule has 1 aromatic heterocycles. The quantitative estimate of drug-likeness (QED) is 0.171. The van der Waals surface area contributed by atoms with Crippen molar-refractivity contribution < 1.29 is 33.5 Å². The third kappa shape index (κ3) is 6.58. The number of aliphatic hydroxyl groups is 1. The van der Waals surface area contributed by atoms with Crippen molar-refractivity contribution in [1.29, 1.82) is 0 Å². The number of benzene rings is 3. The van der Waals surface area contributed by atoms with Gasteiger partial charge in [0.15, 0.2) is 6.23 Å². The fraction of sp³-hybridized carbons (Fsp3) is 0.353. The first-order chi connectivity index (χ1) is 21.8. The summed E-state index contributed by atoms with van der Waals surface area (Å²) in [4.78, 5) is 27.2. The molecule has 1 saturated heterocycles. The highest BCUT2D eigenvalue weighted by Crippen LogP contribution is 2.43. The first-order valence-electron chi connectivity index (χ1n) is 14.6. The van der Waals surface area contributed by atoms with Gasteiger partial charge in [0.1, 0.15) is 35.4 Å². The molecule has 0 saturated carbocycles. The lowest BCUT2D eigenvalue weighted by Gasteiger charge is -2.37. The van der Waals surface area contributed by atoms with Gasteiger partial charge in [-0.2, -0.15) is 0 Å². The summed E-state index contributed by atoms with van der Waals surface area (Å²) in [5, 5.41) is 11.5. The third-order valence-corrected chi connectivity index (χ3v) is 7.97. The van der Waals surface area contributed by atoms with Crippen molar-refractivity contribution in [3.05, 3.63) is 128 Å². The van der Waals surface area contributed by atoms with Gasteiger partial charge in [0.2, 0.25) is 0 Å². The van der Waals surface area contributed by atoms with E-state index in [2.05, 4.69) is 4.98 Å². The van der Waals surface area contributed by atoms with E-state index >= 15 is 0 Å². The number of aromatic nitrogens is 2. The summed E-state index contributed by atoms with van der Waals surface area (Å²) >= 11 is 0. The van der Waals surface area contributed by atoms with Crippen molar-refractivity contribution in [3.63, 3.8) is 0 Å². The van der Waals surface area contributed by atoms with Crippen molar-refractivity contribution in [2.75, 3.05) is 41.2 Å². The number of hydrogen-bond acceptors (Lipinski definition) is 9. The third-order valence-electron chi connectivity index (χ3n) is 7.97. The summed E-state index contributed by atoms with van der Waals surface area (Å²) in [5.74, 6) is 1.37. The van der Waals surface area contributed by atoms with Crippen LogP contribution in [0.1, 0.15) is 28.5 Å². The molecule has 11 heteroatoms. The molecule has 11 nitrogen and oxygen atoms in total. The molecular weight excluding hydrogens is 580 g/mol. The molecule has 2 unspecified atom stereocenters. The van der Waals surface area contributed by atoms with Crippen molar-refractivity contribution in [3.8, 4) is 11.5 Å². The minimum Gasteiger partial charge on any atom is -0.497 e. The number of methoxy groups -OCH3 is 3. The van der Waals surface area contributed by atoms with Gasteiger partial charge in [-0.25, -0.2) is 4.79 Å². The number of nitrogens with one attached hydrogen (secondary N) is 1. The van der Waals surface area contributed by atoms with Crippen LogP contribution in [-0.2, 0) is 24.5 Å². The number of rotatable bonds is 13. The van der Waals surface area contributed by atoms with E-state index in [-0.39, 0.29) is 19.8 Å². The second-order valence-electron chi connectivity index (χ2n) is 10.7. The maximum atomic E-state index is 12.9. The van der Waals surface area contributed by atoms with Crippen LogP contribution in [0.25, 0.3) is 0 Å². The van der Waals surface area contributed by atoms with Gasteiger partial charge >= 0.3 is 5.69 Å². The number of hydrogen-bond donors (Lipinski definition) is 2. The molecule has 0 amide bonds. The molecule has 238 valence electrons. The van der Waals surface area contributed by atoms with Crippen molar-refractivity contribution >= 4 is 0 Å². The van der Waals surface area contributed by atoms with Crippen LogP contribution in [0, 0.1) is 6.92 Å². The van der Waals surface area contributed by atoms with E-state index in [1.165, 1.54) is 17.9 Å². The molecule has 0 spiro atoms. The Morgan fingerprint density at radius 2 is 1.42 bits per heavy atom. The molecule has 0 aliphatic carbocycles. The average molecular weight is 619 g/mol. The summed E-state index contributed by atoms with van der Waals surface area (Å²) in [6, 6.07) is 24.9. The normalized spacial score (nSPS) is 19.8. The zero-order valence-corrected chi connectivity index (χ0v) is 25.7. The molecule has 4 aromatic rings. The van der Waals surface area contributed by atoms with Crippen LogP contribution in [0.3, 0.4) is 0 Å². The standard InChI is InChI=1S/C34H38N2O9/c1-22-20-36(33(39)35-31(22)38)32-30(43-19-18-40-2)29(37)28(45-32)21-44-34(23-8-6-5-7-9-23,24-10-14-26(41-3)15-11-24)25-12-16-27(42-4)17-13-25/h5-17,20,28-30,32,37H,18-19,21H2,1-4H3,(H,35,38,39)/t28?,29-,30-,32?/m0/s1. The Hall–Kier alpha value is -4.26. The van der Waals surface area contributed by atoms with Gasteiger partial charge in [-0.05, 0) is 47.9 Å². The fourth-order valence-corrected chi connectivity index (χ4v) is 5.58. The van der Waals surface area contributed by atoms with Gasteiger partial charge in [0.25, 0.3) is 5.56 Å². The zero-order chi connectivity index (χ0) is 32.0.